The zero-order valence-electron chi connectivity index (χ0n) is 22.4. The predicted octanol–water partition coefficient (Wildman–Crippen LogP) is 3.38. The van der Waals surface area contributed by atoms with Crippen LogP contribution in [-0.4, -0.2) is 17.1 Å². The largest absolute Gasteiger partial charge is 0.630 e. The van der Waals surface area contributed by atoms with E-state index in [9.17, 15) is 14.8 Å². The summed E-state index contributed by atoms with van der Waals surface area (Å²) in [7, 11) is 0. The van der Waals surface area contributed by atoms with Gasteiger partial charge in [-0.2, -0.15) is 0 Å². The average Bonchev–Trinajstić information content (AvgIpc) is 3.26. The van der Waals surface area contributed by atoms with E-state index in [-0.39, 0.29) is 12.2 Å². The van der Waals surface area contributed by atoms with Gasteiger partial charge in [0.15, 0.2) is 4.80 Å². The molecular formula is C31H29N3O5S. The Labute approximate surface area is 235 Å². The second-order valence-corrected chi connectivity index (χ2v) is 10.4. The molecular weight excluding hydrogens is 526 g/mol. The van der Waals surface area contributed by atoms with Crippen molar-refractivity contribution in [2.75, 3.05) is 6.61 Å². The molecule has 1 aliphatic rings. The quantitative estimate of drug-likeness (QED) is 0.204. The van der Waals surface area contributed by atoms with Gasteiger partial charge < -0.3 is 20.2 Å². The number of ether oxygens (including phenoxy) is 2. The fraction of sp³-hybridized carbons (Fsp3) is 0.194. The number of aromatic nitrogens is 1. The van der Waals surface area contributed by atoms with Crippen LogP contribution in [0.25, 0.3) is 6.08 Å². The molecule has 1 atom stereocenters. The van der Waals surface area contributed by atoms with Crippen LogP contribution in [0.5, 0.6) is 5.75 Å². The molecule has 0 saturated heterocycles. The first kappa shape index (κ1) is 27.3. The second-order valence-electron chi connectivity index (χ2n) is 9.43. The first-order valence-corrected chi connectivity index (χ1v) is 13.7. The van der Waals surface area contributed by atoms with Gasteiger partial charge in [-0.1, -0.05) is 53.3 Å². The summed E-state index contributed by atoms with van der Waals surface area (Å²) < 4.78 is 13.3. The lowest BCUT2D eigenvalue weighted by Gasteiger charge is -2.24. The smallest absolute Gasteiger partial charge is 0.338 e. The van der Waals surface area contributed by atoms with Crippen molar-refractivity contribution in [3.8, 4) is 5.75 Å². The topological polar surface area (TPSA) is 110 Å². The highest BCUT2D eigenvalue weighted by Gasteiger charge is 2.33. The summed E-state index contributed by atoms with van der Waals surface area (Å²) in [6, 6.07) is 21.9. The molecule has 0 spiro atoms. The van der Waals surface area contributed by atoms with Gasteiger partial charge in [0.2, 0.25) is 0 Å². The lowest BCUT2D eigenvalue weighted by molar-refractivity contribution is -0.497. The summed E-state index contributed by atoms with van der Waals surface area (Å²) in [6.07, 6.45) is 1.82. The Hall–Kier alpha value is -4.31. The minimum atomic E-state index is -0.630. The van der Waals surface area contributed by atoms with E-state index in [1.54, 1.807) is 30.5 Å². The number of hydrogen-bond donors (Lipinski definition) is 1. The molecule has 5 rings (SSSR count). The lowest BCUT2D eigenvalue weighted by Crippen LogP contribution is -2.70. The number of rotatable bonds is 8. The van der Waals surface area contributed by atoms with Crippen molar-refractivity contribution in [2.45, 2.75) is 33.4 Å². The molecule has 4 aromatic rings. The molecule has 0 aliphatic carbocycles. The summed E-state index contributed by atoms with van der Waals surface area (Å²) >= 11 is 1.29. The number of quaternary nitrogens is 1. The highest BCUT2D eigenvalue weighted by atomic mass is 32.1. The van der Waals surface area contributed by atoms with Crippen molar-refractivity contribution in [2.24, 2.45) is 4.99 Å². The summed E-state index contributed by atoms with van der Waals surface area (Å²) in [6.45, 7) is 6.13. The maximum atomic E-state index is 13.7. The molecule has 1 aliphatic heterocycles. The number of allylic oxidation sites excluding steroid dienone is 1. The minimum Gasteiger partial charge on any atom is -0.630 e. The Bertz CT molecular complexity index is 1740. The van der Waals surface area contributed by atoms with Crippen molar-refractivity contribution in [3.63, 3.8) is 0 Å². The number of fused-ring (bicyclic) bond motifs is 1. The first-order chi connectivity index (χ1) is 19.4. The SMILES string of the molecule is CCOC(=O)C1=C(C)N=c2s/c(=C\c3ccc(OCc4ccc([NH2+][O-])cc4)cc3)c(=O)n2C1c1ccc(C)cc1. The minimum absolute atomic E-state index is 0.220. The fourth-order valence-corrected chi connectivity index (χ4v) is 5.57. The third kappa shape index (κ3) is 5.67. The Kier molecular flexibility index (Phi) is 8.06. The van der Waals surface area contributed by atoms with Crippen molar-refractivity contribution in [1.29, 1.82) is 0 Å². The predicted molar refractivity (Wildman–Crippen MR) is 154 cm³/mol. The van der Waals surface area contributed by atoms with Crippen LogP contribution in [0.4, 0.5) is 5.69 Å². The molecule has 0 radical (unpaired) electrons. The van der Waals surface area contributed by atoms with Crippen LogP contribution in [0.3, 0.4) is 0 Å². The lowest BCUT2D eigenvalue weighted by atomic mass is 9.95. The summed E-state index contributed by atoms with van der Waals surface area (Å²) in [5.41, 5.74) is 5.81. The normalized spacial score (nSPS) is 15.0. The molecule has 3 aromatic carbocycles. The van der Waals surface area contributed by atoms with Crippen LogP contribution >= 0.6 is 11.3 Å². The van der Waals surface area contributed by atoms with Crippen LogP contribution < -0.4 is 25.1 Å². The van der Waals surface area contributed by atoms with E-state index in [1.165, 1.54) is 11.3 Å². The van der Waals surface area contributed by atoms with Crippen LogP contribution in [-0.2, 0) is 16.1 Å². The Morgan fingerprint density at radius 3 is 2.40 bits per heavy atom. The number of thiazole rings is 1. The van der Waals surface area contributed by atoms with Gasteiger partial charge in [-0.3, -0.25) is 9.36 Å². The molecule has 40 heavy (non-hydrogen) atoms. The number of hydrogen-bond acceptors (Lipinski definition) is 7. The summed E-state index contributed by atoms with van der Waals surface area (Å²) in [5, 5.41) is 10.8. The highest BCUT2D eigenvalue weighted by Crippen LogP contribution is 2.30. The van der Waals surface area contributed by atoms with Crippen LogP contribution in [0.15, 0.2) is 93.9 Å². The summed E-state index contributed by atoms with van der Waals surface area (Å²) in [5.74, 6) is 0.214. The fourth-order valence-electron chi connectivity index (χ4n) is 4.53. The number of esters is 1. The number of carbonyl (C=O) groups excluding carboxylic acids is 1. The van der Waals surface area contributed by atoms with Gasteiger partial charge in [0.1, 0.15) is 18.0 Å². The zero-order chi connectivity index (χ0) is 28.2. The zero-order valence-corrected chi connectivity index (χ0v) is 23.2. The van der Waals surface area contributed by atoms with Crippen molar-refractivity contribution >= 4 is 29.1 Å². The number of nitrogens with two attached hydrogens (primary N) is 1. The maximum absolute atomic E-state index is 13.7. The molecule has 204 valence electrons. The van der Waals surface area contributed by atoms with Gasteiger partial charge >= 0.3 is 5.97 Å². The van der Waals surface area contributed by atoms with Gasteiger partial charge in [-0.05, 0) is 79.9 Å². The van der Waals surface area contributed by atoms with E-state index >= 15 is 0 Å². The highest BCUT2D eigenvalue weighted by molar-refractivity contribution is 7.07. The second kappa shape index (κ2) is 11.8. The number of benzene rings is 3. The molecule has 2 N–H and O–H groups in total. The van der Waals surface area contributed by atoms with Gasteiger partial charge in [-0.15, -0.1) is 0 Å². The third-order valence-electron chi connectivity index (χ3n) is 6.61. The van der Waals surface area contributed by atoms with Crippen molar-refractivity contribution in [1.82, 2.24) is 4.57 Å². The van der Waals surface area contributed by atoms with Crippen molar-refractivity contribution < 1.29 is 19.7 Å². The van der Waals surface area contributed by atoms with E-state index in [0.29, 0.717) is 38.6 Å². The third-order valence-corrected chi connectivity index (χ3v) is 7.59. The van der Waals surface area contributed by atoms with Crippen molar-refractivity contribution in [3.05, 3.63) is 131 Å². The molecule has 0 saturated carbocycles. The van der Waals surface area contributed by atoms with E-state index in [1.807, 2.05) is 73.7 Å². The molecule has 2 heterocycles. The molecule has 1 aromatic heterocycles. The Morgan fingerprint density at radius 1 is 1.05 bits per heavy atom. The average molecular weight is 556 g/mol. The molecule has 0 fully saturated rings. The first-order valence-electron chi connectivity index (χ1n) is 12.9. The van der Waals surface area contributed by atoms with Gasteiger partial charge in [-0.25, -0.2) is 9.79 Å². The number of nitrogens with zero attached hydrogens (tertiary/aromatic N) is 2. The monoisotopic (exact) mass is 555 g/mol. The molecule has 8 nitrogen and oxygen atoms in total. The standard InChI is InChI=1S/C31H29N3O5S/c1-4-38-30(36)27-20(3)32-31-34(28(27)23-11-5-19(2)6-12-23)29(35)26(40-31)17-21-9-15-25(16-10-21)39-18-22-7-13-24(33-37)14-8-22/h5-17,28H,4,18,33H2,1-3H3/b26-17-. The van der Waals surface area contributed by atoms with Gasteiger partial charge in [0.05, 0.1) is 28.5 Å². The van der Waals surface area contributed by atoms with Gasteiger partial charge in [0.25, 0.3) is 5.56 Å². The molecule has 0 amide bonds. The number of carbonyl (C=O) groups is 1. The molecule has 1 unspecified atom stereocenters. The van der Waals surface area contributed by atoms with E-state index < -0.39 is 12.0 Å². The van der Waals surface area contributed by atoms with Crippen LogP contribution in [0.2, 0.25) is 0 Å². The number of aryl methyl sites for hydroxylation is 1. The van der Waals surface area contributed by atoms with Crippen LogP contribution in [0.1, 0.15) is 42.1 Å². The van der Waals surface area contributed by atoms with Gasteiger partial charge in [0, 0.05) is 0 Å². The van der Waals surface area contributed by atoms with E-state index in [4.69, 9.17) is 9.47 Å². The van der Waals surface area contributed by atoms with E-state index in [2.05, 4.69) is 4.99 Å². The Morgan fingerprint density at radius 2 is 1.75 bits per heavy atom. The Balaban J connectivity index is 1.46. The summed E-state index contributed by atoms with van der Waals surface area (Å²) in [4.78, 5) is 31.9. The van der Waals surface area contributed by atoms with Crippen LogP contribution in [0, 0.1) is 12.1 Å². The molecule has 9 heteroatoms. The van der Waals surface area contributed by atoms with E-state index in [0.717, 1.165) is 27.7 Å². The maximum Gasteiger partial charge on any atom is 0.338 e. The molecule has 0 bridgehead atoms.